The number of anilines is 1. The van der Waals surface area contributed by atoms with E-state index in [0.29, 0.717) is 43.0 Å². The molecule has 0 bridgehead atoms. The molecule has 1 aromatic heterocycles. The standard InChI is InChI=1S/C17H19Cl2FN4O2/c1-17(2,3)26-16(25)24-6-4-23(5-7-24)15-14(19)21-12-8-10(18)11(20)9-13(12)22-15/h8-9H,4-7H2,1-3H3. The number of benzene rings is 1. The van der Waals surface area contributed by atoms with Gasteiger partial charge in [-0.05, 0) is 26.8 Å². The molecule has 2 aromatic rings. The number of carbonyl (C=O) groups is 1. The molecule has 2 heterocycles. The van der Waals surface area contributed by atoms with E-state index in [-0.39, 0.29) is 16.3 Å². The van der Waals surface area contributed by atoms with E-state index < -0.39 is 11.4 Å². The molecule has 0 N–H and O–H groups in total. The Balaban J connectivity index is 1.76. The first kappa shape index (κ1) is 18.9. The Hall–Kier alpha value is -1.86. The van der Waals surface area contributed by atoms with Crippen LogP contribution in [0.3, 0.4) is 0 Å². The van der Waals surface area contributed by atoms with Crippen molar-refractivity contribution in [1.82, 2.24) is 14.9 Å². The van der Waals surface area contributed by atoms with Gasteiger partial charge < -0.3 is 14.5 Å². The maximum Gasteiger partial charge on any atom is 0.410 e. The lowest BCUT2D eigenvalue weighted by Gasteiger charge is -2.36. The number of carbonyl (C=O) groups excluding carboxylic acids is 1. The highest BCUT2D eigenvalue weighted by Gasteiger charge is 2.27. The van der Waals surface area contributed by atoms with Gasteiger partial charge in [0.05, 0.1) is 16.1 Å². The molecule has 0 atom stereocenters. The number of ether oxygens (including phenoxy) is 1. The van der Waals surface area contributed by atoms with E-state index >= 15 is 0 Å². The van der Waals surface area contributed by atoms with E-state index in [1.165, 1.54) is 12.1 Å². The molecule has 0 saturated carbocycles. The van der Waals surface area contributed by atoms with Gasteiger partial charge in [0, 0.05) is 32.2 Å². The van der Waals surface area contributed by atoms with Crippen LogP contribution in [0.1, 0.15) is 20.8 Å². The Labute approximate surface area is 160 Å². The summed E-state index contributed by atoms with van der Waals surface area (Å²) >= 11 is 12.0. The average molecular weight is 401 g/mol. The zero-order valence-corrected chi connectivity index (χ0v) is 16.2. The minimum absolute atomic E-state index is 0.0263. The fraction of sp³-hybridized carbons (Fsp3) is 0.471. The summed E-state index contributed by atoms with van der Waals surface area (Å²) in [5.41, 5.74) is 0.269. The fourth-order valence-electron chi connectivity index (χ4n) is 2.65. The lowest BCUT2D eigenvalue weighted by molar-refractivity contribution is 0.0240. The van der Waals surface area contributed by atoms with Crippen LogP contribution in [0.5, 0.6) is 0 Å². The van der Waals surface area contributed by atoms with Crippen LogP contribution in [0.15, 0.2) is 12.1 Å². The molecule has 1 amide bonds. The van der Waals surface area contributed by atoms with Crippen LogP contribution in [-0.4, -0.2) is 52.7 Å². The van der Waals surface area contributed by atoms with Gasteiger partial charge >= 0.3 is 6.09 Å². The highest BCUT2D eigenvalue weighted by molar-refractivity contribution is 6.32. The number of nitrogens with zero attached hydrogens (tertiary/aromatic N) is 4. The van der Waals surface area contributed by atoms with Gasteiger partial charge in [0.15, 0.2) is 11.0 Å². The van der Waals surface area contributed by atoms with Crippen LogP contribution >= 0.6 is 23.2 Å². The molecule has 3 rings (SSSR count). The molecular weight excluding hydrogens is 382 g/mol. The van der Waals surface area contributed by atoms with Crippen LogP contribution in [0, 0.1) is 5.82 Å². The maximum atomic E-state index is 13.7. The molecule has 1 fully saturated rings. The quantitative estimate of drug-likeness (QED) is 0.719. The monoisotopic (exact) mass is 400 g/mol. The van der Waals surface area contributed by atoms with Crippen LogP contribution < -0.4 is 4.90 Å². The SMILES string of the molecule is CC(C)(C)OC(=O)N1CCN(c2nc3cc(F)c(Cl)cc3nc2Cl)CC1. The summed E-state index contributed by atoms with van der Waals surface area (Å²) in [5, 5.41) is 0.187. The van der Waals surface area contributed by atoms with Gasteiger partial charge in [-0.2, -0.15) is 0 Å². The summed E-state index contributed by atoms with van der Waals surface area (Å²) < 4.78 is 19.1. The summed E-state index contributed by atoms with van der Waals surface area (Å²) in [6.07, 6.45) is -0.343. The highest BCUT2D eigenvalue weighted by atomic mass is 35.5. The van der Waals surface area contributed by atoms with Gasteiger partial charge in [0.25, 0.3) is 0 Å². The first-order valence-electron chi connectivity index (χ1n) is 8.19. The molecule has 1 aliphatic rings. The van der Waals surface area contributed by atoms with E-state index in [1.807, 2.05) is 25.7 Å². The Kier molecular flexibility index (Phi) is 5.12. The van der Waals surface area contributed by atoms with Gasteiger partial charge in [-0.15, -0.1) is 0 Å². The topological polar surface area (TPSA) is 58.6 Å². The zero-order chi connectivity index (χ0) is 19.1. The molecule has 140 valence electrons. The van der Waals surface area contributed by atoms with Crippen molar-refractivity contribution in [3.05, 3.63) is 28.1 Å². The van der Waals surface area contributed by atoms with E-state index in [2.05, 4.69) is 9.97 Å². The predicted octanol–water partition coefficient (Wildman–Crippen LogP) is 4.13. The maximum absolute atomic E-state index is 13.7. The molecule has 0 radical (unpaired) electrons. The third-order valence-corrected chi connectivity index (χ3v) is 4.42. The van der Waals surface area contributed by atoms with Crippen LogP contribution in [0.25, 0.3) is 11.0 Å². The smallest absolute Gasteiger partial charge is 0.410 e. The van der Waals surface area contributed by atoms with Gasteiger partial charge in [-0.25, -0.2) is 19.2 Å². The fourth-order valence-corrected chi connectivity index (χ4v) is 3.06. The number of halogens is 3. The average Bonchev–Trinajstić information content (AvgIpc) is 2.54. The normalized spacial score (nSPS) is 15.5. The van der Waals surface area contributed by atoms with Crippen LogP contribution in [0.2, 0.25) is 10.2 Å². The number of amides is 1. The molecule has 1 aromatic carbocycles. The second-order valence-corrected chi connectivity index (χ2v) is 7.81. The summed E-state index contributed by atoms with van der Waals surface area (Å²) in [6.45, 7) is 7.48. The number of fused-ring (bicyclic) bond motifs is 1. The second-order valence-electron chi connectivity index (χ2n) is 7.05. The Morgan fingerprint density at radius 3 is 2.35 bits per heavy atom. The van der Waals surface area contributed by atoms with Gasteiger partial charge in [0.2, 0.25) is 0 Å². The molecule has 9 heteroatoms. The number of aromatic nitrogens is 2. The Morgan fingerprint density at radius 2 is 1.73 bits per heavy atom. The molecular formula is C17H19Cl2FN4O2. The van der Waals surface area contributed by atoms with Gasteiger partial charge in [-0.3, -0.25) is 0 Å². The number of rotatable bonds is 1. The van der Waals surface area contributed by atoms with Crippen molar-refractivity contribution >= 4 is 46.1 Å². The minimum Gasteiger partial charge on any atom is -0.444 e. The number of hydrogen-bond acceptors (Lipinski definition) is 5. The van der Waals surface area contributed by atoms with Crippen molar-refractivity contribution in [2.45, 2.75) is 26.4 Å². The van der Waals surface area contributed by atoms with Crippen LogP contribution in [0.4, 0.5) is 15.0 Å². The third-order valence-electron chi connectivity index (χ3n) is 3.88. The van der Waals surface area contributed by atoms with Gasteiger partial charge in [0.1, 0.15) is 11.4 Å². The molecule has 6 nitrogen and oxygen atoms in total. The van der Waals surface area contributed by atoms with Crippen molar-refractivity contribution in [1.29, 1.82) is 0 Å². The molecule has 26 heavy (non-hydrogen) atoms. The summed E-state index contributed by atoms with van der Waals surface area (Å²) in [5.74, 6) is -0.0961. The Bertz CT molecular complexity index is 849. The molecule has 1 saturated heterocycles. The first-order chi connectivity index (χ1) is 12.1. The number of piperazine rings is 1. The lowest BCUT2D eigenvalue weighted by atomic mass is 10.2. The molecule has 1 aliphatic heterocycles. The van der Waals surface area contributed by atoms with E-state index in [4.69, 9.17) is 27.9 Å². The highest BCUT2D eigenvalue weighted by Crippen LogP contribution is 2.28. The van der Waals surface area contributed by atoms with Gasteiger partial charge in [-0.1, -0.05) is 23.2 Å². The summed E-state index contributed by atoms with van der Waals surface area (Å²) in [4.78, 5) is 24.4. The van der Waals surface area contributed by atoms with Crippen molar-refractivity contribution in [3.63, 3.8) is 0 Å². The summed E-state index contributed by atoms with van der Waals surface area (Å²) in [7, 11) is 0. The van der Waals surface area contributed by atoms with Crippen molar-refractivity contribution in [2.24, 2.45) is 0 Å². The third kappa shape index (κ3) is 4.10. The first-order valence-corrected chi connectivity index (χ1v) is 8.95. The minimum atomic E-state index is -0.559. The van der Waals surface area contributed by atoms with Crippen molar-refractivity contribution < 1.29 is 13.9 Å². The summed E-state index contributed by atoms with van der Waals surface area (Å²) in [6, 6.07) is 2.64. The van der Waals surface area contributed by atoms with Crippen molar-refractivity contribution in [2.75, 3.05) is 31.1 Å². The lowest BCUT2D eigenvalue weighted by Crippen LogP contribution is -2.50. The van der Waals surface area contributed by atoms with Crippen molar-refractivity contribution in [3.8, 4) is 0 Å². The number of hydrogen-bond donors (Lipinski definition) is 0. The largest absolute Gasteiger partial charge is 0.444 e. The molecule has 0 unspecified atom stereocenters. The molecule has 0 spiro atoms. The van der Waals surface area contributed by atoms with Crippen LogP contribution in [-0.2, 0) is 4.74 Å². The zero-order valence-electron chi connectivity index (χ0n) is 14.7. The van der Waals surface area contributed by atoms with E-state index in [0.717, 1.165) is 0 Å². The van der Waals surface area contributed by atoms with E-state index in [9.17, 15) is 9.18 Å². The second kappa shape index (κ2) is 7.04. The Morgan fingerprint density at radius 1 is 1.12 bits per heavy atom. The predicted molar refractivity (Wildman–Crippen MR) is 99.5 cm³/mol. The van der Waals surface area contributed by atoms with E-state index in [1.54, 1.807) is 4.90 Å². The molecule has 0 aliphatic carbocycles.